The molecule has 1 aliphatic heterocycles. The lowest BCUT2D eigenvalue weighted by atomic mass is 10.0. The van der Waals surface area contributed by atoms with Gasteiger partial charge < -0.3 is 20.4 Å². The first kappa shape index (κ1) is 17.7. The van der Waals surface area contributed by atoms with Gasteiger partial charge in [0.25, 0.3) is 5.91 Å². The summed E-state index contributed by atoms with van der Waals surface area (Å²) in [5.41, 5.74) is -1.12. The maximum Gasteiger partial charge on any atom is 0.435 e. The van der Waals surface area contributed by atoms with Crippen molar-refractivity contribution in [2.45, 2.75) is 45.0 Å². The number of halogens is 3. The first-order valence-corrected chi connectivity index (χ1v) is 7.66. The van der Waals surface area contributed by atoms with Crippen molar-refractivity contribution < 1.29 is 22.7 Å². The van der Waals surface area contributed by atoms with Gasteiger partial charge in [-0.1, -0.05) is 6.92 Å². The number of piperidine rings is 1. The van der Waals surface area contributed by atoms with E-state index in [2.05, 4.69) is 20.6 Å². The number of H-pyrrole nitrogens is 1. The molecule has 2 atom stereocenters. The monoisotopic (exact) mass is 334 g/mol. The maximum absolute atomic E-state index is 12.9. The fraction of sp³-hybridized carbons (Fsp3) is 0.714. The van der Waals surface area contributed by atoms with Crippen molar-refractivity contribution in [2.24, 2.45) is 0 Å². The molecule has 1 amide bonds. The van der Waals surface area contributed by atoms with Crippen molar-refractivity contribution in [3.63, 3.8) is 0 Å². The van der Waals surface area contributed by atoms with Crippen LogP contribution in [0.15, 0.2) is 0 Å². The van der Waals surface area contributed by atoms with E-state index in [0.717, 1.165) is 0 Å². The second-order valence-corrected chi connectivity index (χ2v) is 5.33. The summed E-state index contributed by atoms with van der Waals surface area (Å²) in [6.45, 7) is 5.22. The molecule has 0 aromatic carbocycles. The largest absolute Gasteiger partial charge is 0.435 e. The Hall–Kier alpha value is -1.61. The predicted octanol–water partition coefficient (Wildman–Crippen LogP) is 1.49. The number of hydrogen-bond donors (Lipinski definition) is 3. The molecule has 0 bridgehead atoms. The van der Waals surface area contributed by atoms with Gasteiger partial charge in [-0.15, -0.1) is 0 Å². The molecular formula is C14H21F3N4O2. The number of carbonyl (C=O) groups excluding carboxylic acids is 1. The number of ether oxygens (including phenoxy) is 1. The van der Waals surface area contributed by atoms with E-state index in [1.807, 2.05) is 6.92 Å². The molecule has 2 rings (SSSR count). The fourth-order valence-corrected chi connectivity index (χ4v) is 2.63. The molecule has 130 valence electrons. The van der Waals surface area contributed by atoms with Crippen LogP contribution in [-0.4, -0.2) is 47.7 Å². The first-order chi connectivity index (χ1) is 10.9. The first-order valence-electron chi connectivity index (χ1n) is 7.66. The van der Waals surface area contributed by atoms with E-state index in [0.29, 0.717) is 26.1 Å². The van der Waals surface area contributed by atoms with Crippen LogP contribution in [0, 0.1) is 0 Å². The Bertz CT molecular complexity index is 543. The number of nitrogens with zero attached hydrogens (tertiary/aromatic N) is 1. The summed E-state index contributed by atoms with van der Waals surface area (Å²) in [7, 11) is 0. The number of aryl methyl sites for hydroxylation is 1. The van der Waals surface area contributed by atoms with Gasteiger partial charge in [-0.05, 0) is 26.3 Å². The zero-order valence-electron chi connectivity index (χ0n) is 13.1. The summed E-state index contributed by atoms with van der Waals surface area (Å²) < 4.78 is 44.2. The van der Waals surface area contributed by atoms with Crippen molar-refractivity contribution in [3.8, 4) is 0 Å². The lowest BCUT2D eigenvalue weighted by Gasteiger charge is -2.32. The molecule has 2 unspecified atom stereocenters. The van der Waals surface area contributed by atoms with E-state index >= 15 is 0 Å². The van der Waals surface area contributed by atoms with Crippen molar-refractivity contribution in [3.05, 3.63) is 17.2 Å². The number of alkyl halides is 3. The third kappa shape index (κ3) is 4.23. The summed E-state index contributed by atoms with van der Waals surface area (Å²) in [6.07, 6.45) is -4.03. The van der Waals surface area contributed by atoms with Crippen LogP contribution >= 0.6 is 0 Å². The highest BCUT2D eigenvalue weighted by Crippen LogP contribution is 2.30. The minimum atomic E-state index is -4.58. The van der Waals surface area contributed by atoms with Gasteiger partial charge >= 0.3 is 6.18 Å². The highest BCUT2D eigenvalue weighted by Gasteiger charge is 2.38. The maximum atomic E-state index is 12.9. The lowest BCUT2D eigenvalue weighted by molar-refractivity contribution is -0.141. The molecule has 0 saturated carbocycles. The number of aromatic nitrogens is 2. The Balaban J connectivity index is 2.12. The number of amides is 1. The Morgan fingerprint density at radius 2 is 2.17 bits per heavy atom. The molecule has 1 aromatic rings. The highest BCUT2D eigenvalue weighted by atomic mass is 19.4. The normalized spacial score (nSPS) is 22.1. The van der Waals surface area contributed by atoms with Gasteiger partial charge in [0.1, 0.15) is 0 Å². The second kappa shape index (κ2) is 7.31. The van der Waals surface area contributed by atoms with Gasteiger partial charge in [0.15, 0.2) is 11.5 Å². The molecule has 1 saturated heterocycles. The zero-order chi connectivity index (χ0) is 17.0. The van der Waals surface area contributed by atoms with Gasteiger partial charge in [0, 0.05) is 18.8 Å². The number of carbonyl (C=O) groups is 1. The molecule has 9 heteroatoms. The Kier molecular flexibility index (Phi) is 5.64. The Labute approximate surface area is 132 Å². The number of hydrogen-bond acceptors (Lipinski definition) is 4. The molecule has 0 spiro atoms. The molecule has 1 aromatic heterocycles. The van der Waals surface area contributed by atoms with Crippen LogP contribution in [0.2, 0.25) is 0 Å². The third-order valence-electron chi connectivity index (χ3n) is 3.74. The van der Waals surface area contributed by atoms with Crippen LogP contribution in [0.25, 0.3) is 0 Å². The van der Waals surface area contributed by atoms with Crippen LogP contribution < -0.4 is 10.6 Å². The fourth-order valence-electron chi connectivity index (χ4n) is 2.63. The Morgan fingerprint density at radius 3 is 2.74 bits per heavy atom. The molecule has 0 aliphatic carbocycles. The van der Waals surface area contributed by atoms with E-state index in [1.165, 1.54) is 0 Å². The molecule has 0 radical (unpaired) electrons. The van der Waals surface area contributed by atoms with E-state index in [9.17, 15) is 18.0 Å². The van der Waals surface area contributed by atoms with Crippen molar-refractivity contribution in [1.29, 1.82) is 0 Å². The van der Waals surface area contributed by atoms with Crippen LogP contribution in [0.4, 0.5) is 13.2 Å². The minimum Gasteiger partial charge on any atom is -0.375 e. The summed E-state index contributed by atoms with van der Waals surface area (Å²) in [4.78, 5) is 18.1. The molecule has 2 heterocycles. The SMILES string of the molecule is CCOC1CNCCC1NC(=O)c1nc(C(F)(F)F)c(CC)[nH]1. The topological polar surface area (TPSA) is 79.0 Å². The molecule has 1 fully saturated rings. The highest BCUT2D eigenvalue weighted by molar-refractivity contribution is 5.91. The lowest BCUT2D eigenvalue weighted by Crippen LogP contribution is -2.54. The van der Waals surface area contributed by atoms with Crippen LogP contribution in [-0.2, 0) is 17.3 Å². The molecule has 1 aliphatic rings. The molecule has 6 nitrogen and oxygen atoms in total. The number of imidazole rings is 1. The van der Waals surface area contributed by atoms with Gasteiger partial charge in [0.2, 0.25) is 0 Å². The average molecular weight is 334 g/mol. The van der Waals surface area contributed by atoms with Crippen molar-refractivity contribution in [2.75, 3.05) is 19.7 Å². The summed E-state index contributed by atoms with van der Waals surface area (Å²) in [5.74, 6) is -0.963. The van der Waals surface area contributed by atoms with Gasteiger partial charge in [-0.25, -0.2) is 4.98 Å². The predicted molar refractivity (Wildman–Crippen MR) is 77.1 cm³/mol. The number of rotatable bonds is 5. The second-order valence-electron chi connectivity index (χ2n) is 5.33. The van der Waals surface area contributed by atoms with E-state index in [4.69, 9.17) is 4.74 Å². The van der Waals surface area contributed by atoms with Crippen molar-refractivity contribution in [1.82, 2.24) is 20.6 Å². The number of aromatic amines is 1. The third-order valence-corrected chi connectivity index (χ3v) is 3.74. The van der Waals surface area contributed by atoms with Gasteiger partial charge in [-0.2, -0.15) is 13.2 Å². The smallest absolute Gasteiger partial charge is 0.375 e. The minimum absolute atomic E-state index is 0.0886. The summed E-state index contributed by atoms with van der Waals surface area (Å²) in [5, 5.41) is 5.88. The average Bonchev–Trinajstić information content (AvgIpc) is 2.94. The van der Waals surface area contributed by atoms with Crippen molar-refractivity contribution >= 4 is 5.91 Å². The van der Waals surface area contributed by atoms with E-state index in [1.54, 1.807) is 6.92 Å². The molecule has 23 heavy (non-hydrogen) atoms. The van der Waals surface area contributed by atoms with Crippen LogP contribution in [0.1, 0.15) is 42.3 Å². The van der Waals surface area contributed by atoms with Gasteiger partial charge in [-0.3, -0.25) is 4.79 Å². The van der Waals surface area contributed by atoms with E-state index in [-0.39, 0.29) is 30.1 Å². The molecular weight excluding hydrogens is 313 g/mol. The van der Waals surface area contributed by atoms with Gasteiger partial charge in [0.05, 0.1) is 12.1 Å². The standard InChI is InChI=1S/C14H21F3N4O2/c1-3-8-11(14(15,16)17)21-12(19-8)13(22)20-9-5-6-18-7-10(9)23-4-2/h9-10,18H,3-7H2,1-2H3,(H,19,21)(H,20,22). The summed E-state index contributed by atoms with van der Waals surface area (Å²) >= 11 is 0. The zero-order valence-corrected chi connectivity index (χ0v) is 13.1. The number of nitrogens with one attached hydrogen (secondary N) is 3. The van der Waals surface area contributed by atoms with E-state index < -0.39 is 17.8 Å². The molecule has 3 N–H and O–H groups in total. The van der Waals surface area contributed by atoms with Crippen LogP contribution in [0.3, 0.4) is 0 Å². The summed E-state index contributed by atoms with van der Waals surface area (Å²) in [6, 6.07) is -0.256. The van der Waals surface area contributed by atoms with Crippen LogP contribution in [0.5, 0.6) is 0 Å². The Morgan fingerprint density at radius 1 is 1.43 bits per heavy atom. The quantitative estimate of drug-likeness (QED) is 0.762.